The third-order valence-corrected chi connectivity index (χ3v) is 4.74. The molecule has 2 atom stereocenters. The highest BCUT2D eigenvalue weighted by molar-refractivity contribution is 5.89. The number of aromatic amines is 1. The number of fused-ring (bicyclic) bond motifs is 3. The van der Waals surface area contributed by atoms with Crippen LogP contribution in [0.15, 0.2) is 36.5 Å². The van der Waals surface area contributed by atoms with E-state index in [4.69, 9.17) is 0 Å². The standard InChI is InChI=1S/C17H15F3N2O/c18-17(19,20)12-2-4-14-11(8-21-15(14)7-12)6-16(23)22-9-10-1-3-13(22)5-10/h1-4,7-8,10,13,21H,5-6,9H2/t10-,13+/m0/s1. The van der Waals surface area contributed by atoms with Crippen LogP contribution in [0.5, 0.6) is 0 Å². The number of nitrogens with one attached hydrogen (secondary N) is 1. The largest absolute Gasteiger partial charge is 0.416 e. The number of hydrogen-bond donors (Lipinski definition) is 1. The molecule has 4 rings (SSSR count). The molecule has 2 aliphatic rings. The second-order valence-electron chi connectivity index (χ2n) is 6.24. The Hall–Kier alpha value is -2.24. The minimum atomic E-state index is -4.36. The van der Waals surface area contributed by atoms with Crippen LogP contribution in [0.1, 0.15) is 17.5 Å². The van der Waals surface area contributed by atoms with Crippen LogP contribution < -0.4 is 0 Å². The first-order valence-corrected chi connectivity index (χ1v) is 7.57. The van der Waals surface area contributed by atoms with Crippen LogP contribution in [0.2, 0.25) is 0 Å². The fraction of sp³-hybridized carbons (Fsp3) is 0.353. The Morgan fingerprint density at radius 2 is 2.13 bits per heavy atom. The Labute approximate surface area is 130 Å². The number of carbonyl (C=O) groups excluding carboxylic acids is 1. The van der Waals surface area contributed by atoms with E-state index in [0.717, 1.165) is 30.7 Å². The van der Waals surface area contributed by atoms with Gasteiger partial charge in [-0.3, -0.25) is 4.79 Å². The fourth-order valence-corrected chi connectivity index (χ4v) is 3.57. The van der Waals surface area contributed by atoms with Crippen molar-refractivity contribution in [3.05, 3.63) is 47.7 Å². The summed E-state index contributed by atoms with van der Waals surface area (Å²) < 4.78 is 38.2. The van der Waals surface area contributed by atoms with Crippen molar-refractivity contribution in [3.8, 4) is 0 Å². The first-order chi connectivity index (χ1) is 10.9. The zero-order chi connectivity index (χ0) is 16.2. The van der Waals surface area contributed by atoms with Crippen molar-refractivity contribution in [2.24, 2.45) is 5.92 Å². The summed E-state index contributed by atoms with van der Waals surface area (Å²) in [6, 6.07) is 3.77. The van der Waals surface area contributed by atoms with Gasteiger partial charge >= 0.3 is 6.18 Å². The SMILES string of the molecule is O=C(Cc1c[nH]c2cc(C(F)(F)F)ccc12)N1C[C@H]2C=C[C@@H]1C2. The van der Waals surface area contributed by atoms with E-state index in [9.17, 15) is 18.0 Å². The molecule has 1 saturated heterocycles. The quantitative estimate of drug-likeness (QED) is 0.845. The minimum Gasteiger partial charge on any atom is -0.361 e. The molecule has 0 saturated carbocycles. The number of nitrogens with zero attached hydrogens (tertiary/aromatic N) is 1. The van der Waals surface area contributed by atoms with Crippen LogP contribution in [-0.4, -0.2) is 28.4 Å². The molecule has 23 heavy (non-hydrogen) atoms. The average molecular weight is 320 g/mol. The topological polar surface area (TPSA) is 36.1 Å². The van der Waals surface area contributed by atoms with Gasteiger partial charge in [0.15, 0.2) is 0 Å². The molecule has 1 aromatic heterocycles. The predicted molar refractivity (Wildman–Crippen MR) is 79.8 cm³/mol. The minimum absolute atomic E-state index is 0.0302. The maximum atomic E-state index is 12.7. The van der Waals surface area contributed by atoms with Crippen LogP contribution in [-0.2, 0) is 17.4 Å². The zero-order valence-electron chi connectivity index (χ0n) is 12.2. The Morgan fingerprint density at radius 1 is 1.30 bits per heavy atom. The van der Waals surface area contributed by atoms with Gasteiger partial charge in [0.1, 0.15) is 0 Å². The van der Waals surface area contributed by atoms with Crippen molar-refractivity contribution in [1.82, 2.24) is 9.88 Å². The molecule has 0 radical (unpaired) electrons. The molecular weight excluding hydrogens is 305 g/mol. The lowest BCUT2D eigenvalue weighted by Crippen LogP contribution is -2.36. The Morgan fingerprint density at radius 3 is 2.78 bits per heavy atom. The van der Waals surface area contributed by atoms with Crippen LogP contribution in [0.25, 0.3) is 10.9 Å². The molecule has 1 N–H and O–H groups in total. The Kier molecular flexibility index (Phi) is 3.04. The maximum Gasteiger partial charge on any atom is 0.416 e. The van der Waals surface area contributed by atoms with E-state index in [1.165, 1.54) is 6.07 Å². The van der Waals surface area contributed by atoms with Gasteiger partial charge in [0, 0.05) is 23.6 Å². The van der Waals surface area contributed by atoms with Crippen LogP contribution in [0.4, 0.5) is 13.2 Å². The smallest absolute Gasteiger partial charge is 0.361 e. The number of rotatable bonds is 2. The number of alkyl halides is 3. The molecule has 0 unspecified atom stereocenters. The molecule has 1 fully saturated rings. The molecule has 1 aliphatic carbocycles. The van der Waals surface area contributed by atoms with Crippen molar-refractivity contribution >= 4 is 16.8 Å². The van der Waals surface area contributed by atoms with Gasteiger partial charge in [-0.05, 0) is 30.0 Å². The third kappa shape index (κ3) is 2.42. The Bertz CT molecular complexity index is 806. The lowest BCUT2D eigenvalue weighted by atomic mass is 10.1. The van der Waals surface area contributed by atoms with Gasteiger partial charge < -0.3 is 9.88 Å². The monoisotopic (exact) mass is 320 g/mol. The molecule has 6 heteroatoms. The van der Waals surface area contributed by atoms with Gasteiger partial charge in [0.05, 0.1) is 18.0 Å². The molecule has 1 amide bonds. The summed E-state index contributed by atoms with van der Waals surface area (Å²) in [6.07, 6.45) is 2.69. The van der Waals surface area contributed by atoms with Gasteiger partial charge in [-0.2, -0.15) is 13.2 Å². The van der Waals surface area contributed by atoms with Crippen molar-refractivity contribution in [2.45, 2.75) is 25.1 Å². The normalized spacial score (nSPS) is 23.2. The summed E-state index contributed by atoms with van der Waals surface area (Å²) in [7, 11) is 0. The molecule has 0 spiro atoms. The third-order valence-electron chi connectivity index (χ3n) is 4.74. The number of amides is 1. The molecule has 1 aliphatic heterocycles. The Balaban J connectivity index is 1.58. The first kappa shape index (κ1) is 14.4. The van der Waals surface area contributed by atoms with E-state index in [-0.39, 0.29) is 18.4 Å². The van der Waals surface area contributed by atoms with Crippen molar-refractivity contribution in [3.63, 3.8) is 0 Å². The van der Waals surface area contributed by atoms with Crippen LogP contribution in [0.3, 0.4) is 0 Å². The number of hydrogen-bond acceptors (Lipinski definition) is 1. The van der Waals surface area contributed by atoms with Crippen LogP contribution >= 0.6 is 0 Å². The number of benzene rings is 1. The number of likely N-dealkylation sites (tertiary alicyclic amines) is 1. The first-order valence-electron chi connectivity index (χ1n) is 7.57. The number of halogens is 3. The van der Waals surface area contributed by atoms with E-state index in [1.807, 2.05) is 4.90 Å². The van der Waals surface area contributed by atoms with Gasteiger partial charge in [-0.15, -0.1) is 0 Å². The van der Waals surface area contributed by atoms with E-state index in [1.54, 1.807) is 6.20 Å². The summed E-state index contributed by atoms with van der Waals surface area (Å²) in [5.74, 6) is 0.490. The van der Waals surface area contributed by atoms with Gasteiger partial charge in [-0.1, -0.05) is 18.2 Å². The molecule has 2 aromatic rings. The van der Waals surface area contributed by atoms with E-state index < -0.39 is 11.7 Å². The maximum absolute atomic E-state index is 12.7. The van der Waals surface area contributed by atoms with E-state index >= 15 is 0 Å². The lowest BCUT2D eigenvalue weighted by Gasteiger charge is -2.23. The second kappa shape index (κ2) is 4.88. The molecular formula is C17H15F3N2O. The molecule has 2 heterocycles. The highest BCUT2D eigenvalue weighted by Crippen LogP contribution is 2.34. The van der Waals surface area contributed by atoms with Gasteiger partial charge in [-0.25, -0.2) is 0 Å². The molecule has 2 bridgehead atoms. The van der Waals surface area contributed by atoms with E-state index in [0.29, 0.717) is 16.8 Å². The van der Waals surface area contributed by atoms with Gasteiger partial charge in [0.25, 0.3) is 0 Å². The zero-order valence-corrected chi connectivity index (χ0v) is 12.2. The summed E-state index contributed by atoms with van der Waals surface area (Å²) in [5, 5.41) is 0.672. The van der Waals surface area contributed by atoms with Crippen molar-refractivity contribution < 1.29 is 18.0 Å². The lowest BCUT2D eigenvalue weighted by molar-refractivity contribution is -0.137. The summed E-state index contributed by atoms with van der Waals surface area (Å²) in [5.41, 5.74) is 0.461. The highest BCUT2D eigenvalue weighted by Gasteiger charge is 2.36. The highest BCUT2D eigenvalue weighted by atomic mass is 19.4. The van der Waals surface area contributed by atoms with Gasteiger partial charge in [0.2, 0.25) is 5.91 Å². The second-order valence-corrected chi connectivity index (χ2v) is 6.24. The van der Waals surface area contributed by atoms with Crippen molar-refractivity contribution in [1.29, 1.82) is 0 Å². The number of carbonyl (C=O) groups is 1. The van der Waals surface area contributed by atoms with E-state index in [2.05, 4.69) is 17.1 Å². The van der Waals surface area contributed by atoms with Crippen molar-refractivity contribution in [2.75, 3.05) is 6.54 Å². The molecule has 3 nitrogen and oxygen atoms in total. The number of aromatic nitrogens is 1. The molecule has 120 valence electrons. The summed E-state index contributed by atoms with van der Waals surface area (Å²) >= 11 is 0. The summed E-state index contributed by atoms with van der Waals surface area (Å²) in [6.45, 7) is 0.751. The number of H-pyrrole nitrogens is 1. The molecule has 1 aromatic carbocycles. The predicted octanol–water partition coefficient (Wildman–Crippen LogP) is 3.52. The fourth-order valence-electron chi connectivity index (χ4n) is 3.57. The summed E-state index contributed by atoms with van der Waals surface area (Å²) in [4.78, 5) is 17.2. The van der Waals surface area contributed by atoms with Crippen LogP contribution in [0, 0.1) is 5.92 Å². The average Bonchev–Trinajstić information content (AvgIpc) is 3.21.